The van der Waals surface area contributed by atoms with Gasteiger partial charge >= 0.3 is 5.97 Å². The van der Waals surface area contributed by atoms with E-state index >= 15 is 0 Å². The summed E-state index contributed by atoms with van der Waals surface area (Å²) >= 11 is 0. The lowest BCUT2D eigenvalue weighted by Crippen LogP contribution is -2.29. The molecule has 0 spiro atoms. The van der Waals surface area contributed by atoms with Crippen molar-refractivity contribution >= 4 is 11.9 Å². The monoisotopic (exact) mass is 210 g/mol. The molecule has 0 bridgehead atoms. The zero-order valence-corrected chi connectivity index (χ0v) is 8.02. The predicted octanol–water partition coefficient (Wildman–Crippen LogP) is -0.0900. The Balaban J connectivity index is 2.82. The predicted molar refractivity (Wildman–Crippen MR) is 50.6 cm³/mol. The Hall–Kier alpha value is -2.11. The number of nitrogens with one attached hydrogen (secondary N) is 1. The van der Waals surface area contributed by atoms with Crippen LogP contribution in [0.2, 0.25) is 0 Å². The van der Waals surface area contributed by atoms with Gasteiger partial charge in [-0.25, -0.2) is 4.98 Å². The van der Waals surface area contributed by atoms with Crippen molar-refractivity contribution in [1.29, 1.82) is 0 Å². The first-order chi connectivity index (χ1) is 7.02. The topological polar surface area (TPSA) is 99.5 Å². The van der Waals surface area contributed by atoms with E-state index in [1.807, 2.05) is 0 Å². The quantitative estimate of drug-likeness (QED) is 0.647. The van der Waals surface area contributed by atoms with Gasteiger partial charge in [0.2, 0.25) is 0 Å². The second-order valence-electron chi connectivity index (χ2n) is 2.90. The Labute approximate surface area is 85.6 Å². The molecule has 0 radical (unpaired) electrons. The van der Waals surface area contributed by atoms with Crippen LogP contribution in [0.3, 0.4) is 0 Å². The van der Waals surface area contributed by atoms with Gasteiger partial charge in [0, 0.05) is 6.20 Å². The molecular weight excluding hydrogens is 200 g/mol. The van der Waals surface area contributed by atoms with E-state index in [4.69, 9.17) is 5.11 Å². The van der Waals surface area contributed by atoms with Crippen molar-refractivity contribution in [2.45, 2.75) is 6.92 Å². The van der Waals surface area contributed by atoms with E-state index in [2.05, 4.69) is 10.3 Å². The number of carbonyl (C=O) groups excluding carboxylic acids is 1. The highest BCUT2D eigenvalue weighted by atomic mass is 16.4. The van der Waals surface area contributed by atoms with Crippen LogP contribution < -0.4 is 5.32 Å². The third kappa shape index (κ3) is 2.67. The third-order valence-electron chi connectivity index (χ3n) is 1.74. The summed E-state index contributed by atoms with van der Waals surface area (Å²) in [4.78, 5) is 25.2. The number of aromatic hydroxyl groups is 1. The number of aliphatic carboxylic acids is 1. The molecule has 0 unspecified atom stereocenters. The van der Waals surface area contributed by atoms with Gasteiger partial charge in [0.05, 0.1) is 0 Å². The highest BCUT2D eigenvalue weighted by Gasteiger charge is 2.14. The van der Waals surface area contributed by atoms with Crippen LogP contribution in [-0.4, -0.2) is 33.6 Å². The number of amides is 1. The lowest BCUT2D eigenvalue weighted by Gasteiger charge is -2.05. The van der Waals surface area contributed by atoms with Crippen molar-refractivity contribution in [3.05, 3.63) is 23.5 Å². The van der Waals surface area contributed by atoms with E-state index in [1.165, 1.54) is 6.20 Å². The molecule has 1 aromatic rings. The van der Waals surface area contributed by atoms with Gasteiger partial charge in [-0.05, 0) is 18.6 Å². The van der Waals surface area contributed by atoms with Crippen molar-refractivity contribution in [3.63, 3.8) is 0 Å². The average molecular weight is 210 g/mol. The van der Waals surface area contributed by atoms with Gasteiger partial charge in [0.15, 0.2) is 5.69 Å². The fourth-order valence-electron chi connectivity index (χ4n) is 0.956. The van der Waals surface area contributed by atoms with Crippen LogP contribution in [-0.2, 0) is 4.79 Å². The number of hydrogen-bond acceptors (Lipinski definition) is 4. The number of carbonyl (C=O) groups is 2. The minimum absolute atomic E-state index is 0.170. The van der Waals surface area contributed by atoms with Gasteiger partial charge in [-0.2, -0.15) is 0 Å². The van der Waals surface area contributed by atoms with Gasteiger partial charge in [-0.3, -0.25) is 9.59 Å². The van der Waals surface area contributed by atoms with Crippen molar-refractivity contribution in [3.8, 4) is 5.75 Å². The zero-order chi connectivity index (χ0) is 11.4. The van der Waals surface area contributed by atoms with Crippen molar-refractivity contribution in [2.75, 3.05) is 6.54 Å². The molecule has 1 aromatic heterocycles. The van der Waals surface area contributed by atoms with E-state index in [9.17, 15) is 14.7 Å². The van der Waals surface area contributed by atoms with Gasteiger partial charge in [-0.15, -0.1) is 0 Å². The van der Waals surface area contributed by atoms with Crippen LogP contribution in [0.4, 0.5) is 0 Å². The summed E-state index contributed by atoms with van der Waals surface area (Å²) in [5.41, 5.74) is 0.335. The van der Waals surface area contributed by atoms with E-state index in [0.29, 0.717) is 5.56 Å². The summed E-state index contributed by atoms with van der Waals surface area (Å²) in [5, 5.41) is 19.9. The summed E-state index contributed by atoms with van der Waals surface area (Å²) in [7, 11) is 0. The molecule has 0 aromatic carbocycles. The standard InChI is InChI=1S/C9H10N2O4/c1-5-2-3-10-7(8(5)14)9(15)11-4-6(12)13/h2-3,14H,4H2,1H3,(H,11,15)(H,12,13). The first-order valence-corrected chi connectivity index (χ1v) is 4.17. The Morgan fingerprint density at radius 1 is 1.53 bits per heavy atom. The molecule has 1 rings (SSSR count). The van der Waals surface area contributed by atoms with Crippen molar-refractivity contribution < 1.29 is 19.8 Å². The minimum atomic E-state index is -1.16. The smallest absolute Gasteiger partial charge is 0.322 e. The molecule has 0 atom stereocenters. The molecule has 0 fully saturated rings. The zero-order valence-electron chi connectivity index (χ0n) is 8.02. The van der Waals surface area contributed by atoms with Crippen LogP contribution >= 0.6 is 0 Å². The van der Waals surface area contributed by atoms with Gasteiger partial charge < -0.3 is 15.5 Å². The highest BCUT2D eigenvalue weighted by Crippen LogP contribution is 2.18. The minimum Gasteiger partial charge on any atom is -0.505 e. The molecular formula is C9H10N2O4. The largest absolute Gasteiger partial charge is 0.505 e. The summed E-state index contributed by atoms with van der Waals surface area (Å²) in [6, 6.07) is 1.54. The molecule has 15 heavy (non-hydrogen) atoms. The second-order valence-corrected chi connectivity index (χ2v) is 2.90. The van der Waals surface area contributed by atoms with E-state index in [1.54, 1.807) is 13.0 Å². The Morgan fingerprint density at radius 2 is 2.20 bits per heavy atom. The number of nitrogens with zero attached hydrogens (tertiary/aromatic N) is 1. The molecule has 80 valence electrons. The molecule has 1 heterocycles. The Bertz CT molecular complexity index is 403. The molecule has 3 N–H and O–H groups in total. The third-order valence-corrected chi connectivity index (χ3v) is 1.74. The number of aryl methyl sites for hydroxylation is 1. The van der Waals surface area contributed by atoms with Crippen LogP contribution in [0.5, 0.6) is 5.75 Å². The molecule has 6 nitrogen and oxygen atoms in total. The van der Waals surface area contributed by atoms with Crippen molar-refractivity contribution in [2.24, 2.45) is 0 Å². The molecule has 1 amide bonds. The maximum Gasteiger partial charge on any atom is 0.322 e. The Morgan fingerprint density at radius 3 is 2.80 bits per heavy atom. The fraction of sp³-hybridized carbons (Fsp3) is 0.222. The molecule has 0 aliphatic heterocycles. The number of pyridine rings is 1. The number of aromatic nitrogens is 1. The van der Waals surface area contributed by atoms with Crippen LogP contribution in [0.25, 0.3) is 0 Å². The van der Waals surface area contributed by atoms with Crippen LogP contribution in [0.15, 0.2) is 12.3 Å². The number of hydrogen-bond donors (Lipinski definition) is 3. The number of carboxylic acid groups (broad SMARTS) is 1. The molecule has 0 aliphatic rings. The van der Waals surface area contributed by atoms with E-state index in [0.717, 1.165) is 0 Å². The van der Waals surface area contributed by atoms with Gasteiger partial charge in [0.1, 0.15) is 12.3 Å². The molecule has 0 saturated carbocycles. The Kier molecular flexibility index (Phi) is 3.22. The second kappa shape index (κ2) is 4.41. The fourth-order valence-corrected chi connectivity index (χ4v) is 0.956. The van der Waals surface area contributed by atoms with Gasteiger partial charge in [-0.1, -0.05) is 0 Å². The van der Waals surface area contributed by atoms with Crippen LogP contribution in [0, 0.1) is 6.92 Å². The SMILES string of the molecule is Cc1ccnc(C(=O)NCC(=O)O)c1O. The molecule has 0 aliphatic carbocycles. The van der Waals surface area contributed by atoms with Crippen LogP contribution in [0.1, 0.15) is 16.1 Å². The lowest BCUT2D eigenvalue weighted by atomic mass is 10.2. The number of rotatable bonds is 3. The normalized spacial score (nSPS) is 9.67. The van der Waals surface area contributed by atoms with E-state index in [-0.39, 0.29) is 11.4 Å². The average Bonchev–Trinajstić information content (AvgIpc) is 2.18. The maximum atomic E-state index is 11.3. The molecule has 0 saturated heterocycles. The lowest BCUT2D eigenvalue weighted by molar-refractivity contribution is -0.135. The first kappa shape index (κ1) is 11.0. The summed E-state index contributed by atoms with van der Waals surface area (Å²) in [5.74, 6) is -2.10. The summed E-state index contributed by atoms with van der Waals surface area (Å²) in [6.45, 7) is 1.11. The van der Waals surface area contributed by atoms with Gasteiger partial charge in [0.25, 0.3) is 5.91 Å². The summed E-state index contributed by atoms with van der Waals surface area (Å²) in [6.07, 6.45) is 1.37. The first-order valence-electron chi connectivity index (χ1n) is 4.17. The molecule has 6 heteroatoms. The van der Waals surface area contributed by atoms with Crippen molar-refractivity contribution in [1.82, 2.24) is 10.3 Å². The number of carboxylic acids is 1. The summed E-state index contributed by atoms with van der Waals surface area (Å²) < 4.78 is 0. The highest BCUT2D eigenvalue weighted by molar-refractivity contribution is 5.96. The maximum absolute atomic E-state index is 11.3. The van der Waals surface area contributed by atoms with E-state index < -0.39 is 18.4 Å².